The Labute approximate surface area is 92.4 Å². The fourth-order valence-electron chi connectivity index (χ4n) is 1.02. The zero-order chi connectivity index (χ0) is 10.6. The summed E-state index contributed by atoms with van der Waals surface area (Å²) in [6, 6.07) is 7.67. The van der Waals surface area contributed by atoms with E-state index in [2.05, 4.69) is 15.9 Å². The van der Waals surface area contributed by atoms with Gasteiger partial charge in [0.15, 0.2) is 11.9 Å². The number of rotatable bonds is 4. The van der Waals surface area contributed by atoms with Gasteiger partial charge in [0, 0.05) is 5.33 Å². The van der Waals surface area contributed by atoms with Gasteiger partial charge in [-0.1, -0.05) is 28.1 Å². The van der Waals surface area contributed by atoms with Crippen molar-refractivity contribution in [2.24, 2.45) is 0 Å². The smallest absolute Gasteiger partial charge is 0.162 e. The lowest BCUT2D eigenvalue weighted by molar-refractivity contribution is -0.118. The van der Waals surface area contributed by atoms with Crippen LogP contribution in [0.25, 0.3) is 0 Å². The molecule has 0 unspecified atom stereocenters. The average Bonchev–Trinajstić information content (AvgIpc) is 2.17. The van der Waals surface area contributed by atoms with Crippen LogP contribution in [0.4, 0.5) is 0 Å². The van der Waals surface area contributed by atoms with Crippen LogP contribution < -0.4 is 4.74 Å². The second-order valence-corrected chi connectivity index (χ2v) is 4.17. The molecule has 0 radical (unpaired) electrons. The number of aldehydes is 1. The highest BCUT2D eigenvalue weighted by atomic mass is 79.9. The third-order valence-electron chi connectivity index (χ3n) is 1.72. The number of alkyl halides is 1. The van der Waals surface area contributed by atoms with Crippen molar-refractivity contribution in [1.82, 2.24) is 0 Å². The SMILES string of the molecule is CC(C)(C=O)Oc1cccc(CBr)c1. The molecule has 0 heterocycles. The van der Waals surface area contributed by atoms with Crippen molar-refractivity contribution >= 4 is 22.2 Å². The molecule has 1 rings (SSSR count). The second-order valence-electron chi connectivity index (χ2n) is 3.60. The van der Waals surface area contributed by atoms with E-state index in [4.69, 9.17) is 4.74 Å². The number of ether oxygens (including phenoxy) is 1. The molecular weight excluding hydrogens is 244 g/mol. The van der Waals surface area contributed by atoms with E-state index in [0.29, 0.717) is 0 Å². The summed E-state index contributed by atoms with van der Waals surface area (Å²) in [7, 11) is 0. The van der Waals surface area contributed by atoms with Gasteiger partial charge < -0.3 is 4.74 Å². The van der Waals surface area contributed by atoms with Crippen LogP contribution in [0.3, 0.4) is 0 Å². The van der Waals surface area contributed by atoms with Crippen LogP contribution in [0.1, 0.15) is 19.4 Å². The van der Waals surface area contributed by atoms with Crippen molar-refractivity contribution in [2.45, 2.75) is 24.8 Å². The minimum absolute atomic E-state index is 0.721. The van der Waals surface area contributed by atoms with Crippen molar-refractivity contribution < 1.29 is 9.53 Å². The molecule has 76 valence electrons. The summed E-state index contributed by atoms with van der Waals surface area (Å²) < 4.78 is 5.50. The van der Waals surface area contributed by atoms with E-state index in [9.17, 15) is 4.79 Å². The first-order chi connectivity index (χ1) is 6.57. The molecule has 0 spiro atoms. The van der Waals surface area contributed by atoms with Gasteiger partial charge in [0.2, 0.25) is 0 Å². The molecule has 14 heavy (non-hydrogen) atoms. The largest absolute Gasteiger partial charge is 0.480 e. The Morgan fingerprint density at radius 2 is 2.21 bits per heavy atom. The maximum Gasteiger partial charge on any atom is 0.162 e. The molecule has 0 N–H and O–H groups in total. The standard InChI is InChI=1S/C11H13BrO2/c1-11(2,8-13)14-10-5-3-4-9(6-10)7-12/h3-6,8H,7H2,1-2H3. The zero-order valence-electron chi connectivity index (χ0n) is 8.29. The number of benzene rings is 1. The molecule has 1 aromatic rings. The summed E-state index contributed by atoms with van der Waals surface area (Å²) in [6.07, 6.45) is 0.799. The molecule has 0 atom stereocenters. The van der Waals surface area contributed by atoms with Crippen molar-refractivity contribution in [3.05, 3.63) is 29.8 Å². The third-order valence-corrected chi connectivity index (χ3v) is 2.36. The molecule has 0 aliphatic rings. The Bertz CT molecular complexity index is 321. The maximum atomic E-state index is 10.7. The van der Waals surface area contributed by atoms with E-state index in [-0.39, 0.29) is 0 Å². The minimum Gasteiger partial charge on any atom is -0.480 e. The quantitative estimate of drug-likeness (QED) is 0.612. The zero-order valence-corrected chi connectivity index (χ0v) is 9.87. The first-order valence-corrected chi connectivity index (χ1v) is 5.50. The predicted octanol–water partition coefficient (Wildman–Crippen LogP) is 2.94. The molecule has 1 aromatic carbocycles. The van der Waals surface area contributed by atoms with Crippen LogP contribution in [-0.2, 0) is 10.1 Å². The summed E-state index contributed by atoms with van der Waals surface area (Å²) in [6.45, 7) is 3.47. The van der Waals surface area contributed by atoms with Crippen molar-refractivity contribution in [1.29, 1.82) is 0 Å². The molecule has 0 saturated carbocycles. The van der Waals surface area contributed by atoms with Gasteiger partial charge in [-0.3, -0.25) is 4.79 Å². The van der Waals surface area contributed by atoms with Gasteiger partial charge in [-0.15, -0.1) is 0 Å². The number of hydrogen-bond donors (Lipinski definition) is 0. The van der Waals surface area contributed by atoms with Crippen molar-refractivity contribution in [3.63, 3.8) is 0 Å². The van der Waals surface area contributed by atoms with Crippen LogP contribution in [-0.4, -0.2) is 11.9 Å². The fraction of sp³-hybridized carbons (Fsp3) is 0.364. The molecule has 2 nitrogen and oxygen atoms in total. The lowest BCUT2D eigenvalue weighted by Crippen LogP contribution is -2.29. The maximum absolute atomic E-state index is 10.7. The van der Waals surface area contributed by atoms with Gasteiger partial charge in [-0.05, 0) is 31.5 Å². The van der Waals surface area contributed by atoms with E-state index in [0.717, 1.165) is 22.9 Å². The minimum atomic E-state index is -0.759. The summed E-state index contributed by atoms with van der Waals surface area (Å²) in [4.78, 5) is 10.7. The van der Waals surface area contributed by atoms with E-state index in [1.807, 2.05) is 24.3 Å². The number of carbonyl (C=O) groups is 1. The summed E-state index contributed by atoms with van der Waals surface area (Å²) >= 11 is 3.36. The Balaban J connectivity index is 2.81. The molecule has 0 amide bonds. The first-order valence-electron chi connectivity index (χ1n) is 4.37. The van der Waals surface area contributed by atoms with E-state index in [1.54, 1.807) is 13.8 Å². The summed E-state index contributed by atoms with van der Waals surface area (Å²) in [5.41, 5.74) is 0.370. The Morgan fingerprint density at radius 1 is 1.50 bits per heavy atom. The first kappa shape index (κ1) is 11.2. The normalized spacial score (nSPS) is 11.1. The lowest BCUT2D eigenvalue weighted by Gasteiger charge is -2.19. The fourth-order valence-corrected chi connectivity index (χ4v) is 1.37. The number of halogens is 1. The van der Waals surface area contributed by atoms with Crippen LogP contribution in [0.15, 0.2) is 24.3 Å². The number of carbonyl (C=O) groups excluding carboxylic acids is 1. The van der Waals surface area contributed by atoms with Crippen LogP contribution in [0, 0.1) is 0 Å². The van der Waals surface area contributed by atoms with E-state index in [1.165, 1.54) is 0 Å². The summed E-state index contributed by atoms with van der Waals surface area (Å²) in [5.74, 6) is 0.721. The van der Waals surface area contributed by atoms with Gasteiger partial charge in [-0.2, -0.15) is 0 Å². The molecule has 0 aromatic heterocycles. The highest BCUT2D eigenvalue weighted by Gasteiger charge is 2.17. The average molecular weight is 257 g/mol. The van der Waals surface area contributed by atoms with Crippen LogP contribution in [0.5, 0.6) is 5.75 Å². The monoisotopic (exact) mass is 256 g/mol. The molecule has 0 saturated heterocycles. The van der Waals surface area contributed by atoms with E-state index < -0.39 is 5.60 Å². The van der Waals surface area contributed by atoms with Gasteiger partial charge in [0.25, 0.3) is 0 Å². The molecular formula is C11H13BrO2. The van der Waals surface area contributed by atoms with Crippen LogP contribution >= 0.6 is 15.9 Å². The Kier molecular flexibility index (Phi) is 3.69. The molecule has 0 aliphatic carbocycles. The summed E-state index contributed by atoms with van der Waals surface area (Å²) in [5, 5.41) is 0.783. The van der Waals surface area contributed by atoms with Gasteiger partial charge in [-0.25, -0.2) is 0 Å². The number of hydrogen-bond acceptors (Lipinski definition) is 2. The topological polar surface area (TPSA) is 26.3 Å². The van der Waals surface area contributed by atoms with Gasteiger partial charge in [0.1, 0.15) is 5.75 Å². The predicted molar refractivity (Wildman–Crippen MR) is 59.8 cm³/mol. The second kappa shape index (κ2) is 4.60. The highest BCUT2D eigenvalue weighted by molar-refractivity contribution is 9.08. The van der Waals surface area contributed by atoms with Crippen molar-refractivity contribution in [3.8, 4) is 5.75 Å². The van der Waals surface area contributed by atoms with Crippen LogP contribution in [0.2, 0.25) is 0 Å². The van der Waals surface area contributed by atoms with Gasteiger partial charge in [0.05, 0.1) is 0 Å². The van der Waals surface area contributed by atoms with E-state index >= 15 is 0 Å². The van der Waals surface area contributed by atoms with Crippen molar-refractivity contribution in [2.75, 3.05) is 0 Å². The highest BCUT2D eigenvalue weighted by Crippen LogP contribution is 2.19. The molecule has 0 fully saturated rings. The molecule has 0 aliphatic heterocycles. The third kappa shape index (κ3) is 3.14. The lowest BCUT2D eigenvalue weighted by atomic mass is 10.1. The molecule has 3 heteroatoms. The van der Waals surface area contributed by atoms with Gasteiger partial charge >= 0.3 is 0 Å². The Hall–Kier alpha value is -0.830. The Morgan fingerprint density at radius 3 is 2.79 bits per heavy atom. The molecule has 0 bridgehead atoms.